The molecule has 0 aliphatic heterocycles. The van der Waals surface area contributed by atoms with Gasteiger partial charge in [-0.15, -0.1) is 0 Å². The first-order valence-electron chi connectivity index (χ1n) is 8.66. The molecule has 31 heavy (non-hydrogen) atoms. The van der Waals surface area contributed by atoms with E-state index in [2.05, 4.69) is 0 Å². The molecule has 0 aromatic heterocycles. The topological polar surface area (TPSA) is 0 Å². The van der Waals surface area contributed by atoms with E-state index in [1.807, 2.05) is 0 Å². The van der Waals surface area contributed by atoms with Crippen LogP contribution in [0, 0.1) is 0 Å². The Morgan fingerprint density at radius 2 is 0.548 bits per heavy atom. The van der Waals surface area contributed by atoms with Crippen molar-refractivity contribution in [1.29, 1.82) is 0 Å². The summed E-state index contributed by atoms with van der Waals surface area (Å²) in [6.07, 6.45) is -13.7. The van der Waals surface area contributed by atoms with Gasteiger partial charge in [0.05, 0.1) is 0 Å². The first kappa shape index (κ1) is 23.2. The fourth-order valence-electron chi connectivity index (χ4n) is 2.98. The summed E-state index contributed by atoms with van der Waals surface area (Å²) in [5, 5.41) is 0. The number of hydrogen-bond donors (Lipinski definition) is 0. The summed E-state index contributed by atoms with van der Waals surface area (Å²) in [5.74, 6) is 0. The Labute approximate surface area is 175 Å². The molecule has 3 rings (SSSR count). The summed E-state index contributed by atoms with van der Waals surface area (Å²) in [7, 11) is 0. The zero-order valence-corrected chi connectivity index (χ0v) is 17.4. The second-order valence-corrected chi connectivity index (χ2v) is 11.8. The van der Waals surface area contributed by atoms with Crippen molar-refractivity contribution in [3.8, 4) is 0 Å². The quantitative estimate of drug-likeness (QED) is 0.335. The van der Waals surface area contributed by atoms with E-state index in [1.54, 1.807) is 0 Å². The number of rotatable bonds is 3. The van der Waals surface area contributed by atoms with Crippen LogP contribution >= 0.6 is 0 Å². The summed E-state index contributed by atoms with van der Waals surface area (Å²) in [4.78, 5) is 0. The van der Waals surface area contributed by atoms with Crippen LogP contribution in [0.15, 0.2) is 72.8 Å². The molecule has 0 heterocycles. The van der Waals surface area contributed by atoms with Gasteiger partial charge in [-0.2, -0.15) is 0 Å². The van der Waals surface area contributed by atoms with Crippen LogP contribution in [0.3, 0.4) is 0 Å². The molecule has 0 amide bonds. The zero-order valence-electron chi connectivity index (χ0n) is 15.3. The molecule has 0 saturated carbocycles. The predicted molar refractivity (Wildman–Crippen MR) is 99.0 cm³/mol. The summed E-state index contributed by atoms with van der Waals surface area (Å²) >= 11 is -2.99. The van der Waals surface area contributed by atoms with Crippen LogP contribution in [0.5, 0.6) is 0 Å². The summed E-state index contributed by atoms with van der Waals surface area (Å²) in [6, 6.07) is 12.5. The van der Waals surface area contributed by atoms with Gasteiger partial charge in [-0.1, -0.05) is 0 Å². The minimum absolute atomic E-state index is 0.451. The van der Waals surface area contributed by atoms with Crippen LogP contribution < -0.4 is 13.2 Å². The van der Waals surface area contributed by atoms with E-state index in [0.29, 0.717) is 13.2 Å². The molecular weight excluding hydrogens is 496 g/mol. The van der Waals surface area contributed by atoms with Crippen LogP contribution in [-0.2, 0) is 18.5 Å². The van der Waals surface area contributed by atoms with Gasteiger partial charge in [-0.25, -0.2) is 0 Å². The maximum atomic E-state index is 12.9. The second kappa shape index (κ2) is 8.25. The van der Waals surface area contributed by atoms with Crippen molar-refractivity contribution in [2.24, 2.45) is 0 Å². The molecule has 0 atom stereocenters. The van der Waals surface area contributed by atoms with Crippen molar-refractivity contribution < 1.29 is 39.5 Å². The van der Waals surface area contributed by atoms with Gasteiger partial charge < -0.3 is 0 Å². The Morgan fingerprint density at radius 3 is 0.710 bits per heavy atom. The standard InChI is InChI=1S/C21H12F9Ge/c22-19(23,24)13-1-7-16(8-2-13)31(17-9-3-14(4-10-17)20(25,26)27)18-11-5-15(6-12-18)21(28,29)30/h1-12H. The number of alkyl halides is 9. The van der Waals surface area contributed by atoms with Gasteiger partial charge >= 0.3 is 175 Å². The zero-order chi connectivity index (χ0) is 23.0. The molecule has 0 bridgehead atoms. The maximum absolute atomic E-state index is 12.9. The fraction of sp³-hybridized carbons (Fsp3) is 0.143. The summed E-state index contributed by atoms with van der Waals surface area (Å²) in [5.41, 5.74) is -2.68. The third-order valence-electron chi connectivity index (χ3n) is 4.50. The molecule has 0 fully saturated rings. The summed E-state index contributed by atoms with van der Waals surface area (Å²) in [6.45, 7) is 0. The molecule has 0 aliphatic carbocycles. The van der Waals surface area contributed by atoms with Crippen molar-refractivity contribution in [2.75, 3.05) is 0 Å². The fourth-order valence-corrected chi connectivity index (χ4v) is 8.22. The van der Waals surface area contributed by atoms with Gasteiger partial charge in [0.1, 0.15) is 0 Å². The monoisotopic (exact) mass is 509 g/mol. The van der Waals surface area contributed by atoms with Gasteiger partial charge in [-0.3, -0.25) is 0 Å². The van der Waals surface area contributed by atoms with Crippen molar-refractivity contribution in [1.82, 2.24) is 0 Å². The van der Waals surface area contributed by atoms with Gasteiger partial charge in [0.15, 0.2) is 0 Å². The predicted octanol–water partition coefficient (Wildman–Crippen LogP) is 5.26. The van der Waals surface area contributed by atoms with Crippen molar-refractivity contribution >= 4 is 27.5 Å². The van der Waals surface area contributed by atoms with Gasteiger partial charge in [0, 0.05) is 0 Å². The minimum atomic E-state index is -4.57. The van der Waals surface area contributed by atoms with Gasteiger partial charge in [0.25, 0.3) is 0 Å². The second-order valence-electron chi connectivity index (χ2n) is 6.60. The van der Waals surface area contributed by atoms with Crippen LogP contribution in [-0.4, -0.2) is 14.3 Å². The van der Waals surface area contributed by atoms with E-state index < -0.39 is 49.6 Å². The van der Waals surface area contributed by atoms with E-state index in [-0.39, 0.29) is 0 Å². The van der Waals surface area contributed by atoms with E-state index in [9.17, 15) is 39.5 Å². The third-order valence-corrected chi connectivity index (χ3v) is 10.2. The van der Waals surface area contributed by atoms with Crippen LogP contribution in [0.2, 0.25) is 0 Å². The first-order valence-corrected chi connectivity index (χ1v) is 11.8. The molecule has 1 radical (unpaired) electrons. The SMILES string of the molecule is FC(F)(F)c1cc[c]([Ge]([c]2ccc(C(F)(F)F)cc2)[c]2ccc(C(F)(F)F)cc2)cc1. The van der Waals surface area contributed by atoms with Crippen LogP contribution in [0.1, 0.15) is 16.7 Å². The molecule has 0 aliphatic rings. The Hall–Kier alpha value is -2.43. The van der Waals surface area contributed by atoms with Gasteiger partial charge in [0.2, 0.25) is 0 Å². The Morgan fingerprint density at radius 1 is 0.355 bits per heavy atom. The van der Waals surface area contributed by atoms with Crippen molar-refractivity contribution in [2.45, 2.75) is 18.5 Å². The number of benzene rings is 3. The average molecular weight is 508 g/mol. The molecule has 0 spiro atoms. The van der Waals surface area contributed by atoms with Crippen molar-refractivity contribution in [3.05, 3.63) is 89.5 Å². The Bertz CT molecular complexity index is 877. The van der Waals surface area contributed by atoms with E-state index >= 15 is 0 Å². The number of hydrogen-bond acceptors (Lipinski definition) is 0. The van der Waals surface area contributed by atoms with Crippen LogP contribution in [0.4, 0.5) is 39.5 Å². The summed E-state index contributed by atoms with van der Waals surface area (Å²) < 4.78 is 117. The Balaban J connectivity index is 2.08. The first-order chi connectivity index (χ1) is 14.3. The molecule has 0 unspecified atom stereocenters. The van der Waals surface area contributed by atoms with Gasteiger partial charge in [-0.05, 0) is 0 Å². The van der Waals surface area contributed by atoms with Crippen LogP contribution in [0.25, 0.3) is 0 Å². The molecule has 10 heteroatoms. The van der Waals surface area contributed by atoms with Crippen molar-refractivity contribution in [3.63, 3.8) is 0 Å². The molecule has 0 saturated heterocycles. The molecule has 3 aromatic rings. The molecule has 163 valence electrons. The number of halogens is 9. The average Bonchev–Trinajstić information content (AvgIpc) is 2.67. The Kier molecular flexibility index (Phi) is 6.19. The van der Waals surface area contributed by atoms with E-state index in [0.717, 1.165) is 36.4 Å². The normalized spacial score (nSPS) is 13.0. The molecule has 3 aromatic carbocycles. The third kappa shape index (κ3) is 5.44. The molecular formula is C21H12F9Ge. The van der Waals surface area contributed by atoms with E-state index in [4.69, 9.17) is 0 Å². The van der Waals surface area contributed by atoms with E-state index in [1.165, 1.54) is 36.4 Å². The molecule has 0 nitrogen and oxygen atoms in total. The molecule has 0 N–H and O–H groups in total.